The molecule has 2 aromatic rings. The highest BCUT2D eigenvalue weighted by molar-refractivity contribution is 5.44. The van der Waals surface area contributed by atoms with Crippen LogP contribution in [0.25, 0.3) is 0 Å². The van der Waals surface area contributed by atoms with E-state index >= 15 is 0 Å². The molecule has 1 unspecified atom stereocenters. The van der Waals surface area contributed by atoms with Crippen LogP contribution in [0.5, 0.6) is 5.75 Å². The number of allylic oxidation sites excluding steroid dienone is 1. The monoisotopic (exact) mass is 348 g/mol. The Bertz CT molecular complexity index is 750. The van der Waals surface area contributed by atoms with Gasteiger partial charge in [0.2, 0.25) is 0 Å². The molecular formula is C20H16F4O. The maximum absolute atomic E-state index is 12.8. The molecule has 0 amide bonds. The highest BCUT2D eigenvalue weighted by Gasteiger charge is 2.42. The molecular weight excluding hydrogens is 332 g/mol. The van der Waals surface area contributed by atoms with Crippen LogP contribution in [0.4, 0.5) is 17.6 Å². The summed E-state index contributed by atoms with van der Waals surface area (Å²) in [6.07, 6.45) is -4.69. The van der Waals surface area contributed by atoms with Crippen molar-refractivity contribution < 1.29 is 22.3 Å². The lowest BCUT2D eigenvalue weighted by molar-refractivity contribution is -0.236. The Hall–Kier alpha value is -2.74. The number of benzene rings is 2. The lowest BCUT2D eigenvalue weighted by Crippen LogP contribution is -2.29. The summed E-state index contributed by atoms with van der Waals surface area (Å²) < 4.78 is 53.3. The summed E-state index contributed by atoms with van der Waals surface area (Å²) in [6.45, 7) is 3.68. The molecule has 1 nitrogen and oxygen atoms in total. The van der Waals surface area contributed by atoms with Crippen LogP contribution < -0.4 is 4.74 Å². The second kappa shape index (κ2) is 8.39. The molecule has 5 heteroatoms. The van der Waals surface area contributed by atoms with Crippen molar-refractivity contribution in [1.29, 1.82) is 0 Å². The van der Waals surface area contributed by atoms with E-state index < -0.39 is 12.5 Å². The first kappa shape index (κ1) is 18.6. The first-order valence-electron chi connectivity index (χ1n) is 7.58. The lowest BCUT2D eigenvalue weighted by Gasteiger charge is -2.13. The zero-order chi connectivity index (χ0) is 18.3. The third kappa shape index (κ3) is 6.00. The number of ether oxygens (including phenoxy) is 1. The highest BCUT2D eigenvalue weighted by Crippen LogP contribution is 2.26. The molecule has 1 atom stereocenters. The molecule has 0 spiro atoms. The first-order valence-corrected chi connectivity index (χ1v) is 7.58. The van der Waals surface area contributed by atoms with Gasteiger partial charge in [-0.15, -0.1) is 6.58 Å². The van der Waals surface area contributed by atoms with E-state index in [0.29, 0.717) is 5.56 Å². The quantitative estimate of drug-likeness (QED) is 0.397. The minimum atomic E-state index is -5.05. The molecule has 0 fully saturated rings. The largest absolute Gasteiger partial charge is 0.457 e. The maximum Gasteiger partial charge on any atom is 0.457 e. The Morgan fingerprint density at radius 2 is 1.48 bits per heavy atom. The molecule has 130 valence electrons. The van der Waals surface area contributed by atoms with Gasteiger partial charge in [-0.3, -0.25) is 0 Å². The summed E-state index contributed by atoms with van der Waals surface area (Å²) in [5.74, 6) is 5.65. The van der Waals surface area contributed by atoms with Crippen LogP contribution in [0.1, 0.15) is 23.1 Å². The summed E-state index contributed by atoms with van der Waals surface area (Å²) >= 11 is 0. The van der Waals surface area contributed by atoms with Crippen molar-refractivity contribution in [2.75, 3.05) is 0 Å². The molecule has 0 saturated carbocycles. The summed E-state index contributed by atoms with van der Waals surface area (Å²) in [7, 11) is 0. The van der Waals surface area contributed by atoms with Gasteiger partial charge in [-0.25, -0.2) is 0 Å². The number of hydrogen-bond acceptors (Lipinski definition) is 1. The number of halogens is 4. The van der Waals surface area contributed by atoms with Crippen molar-refractivity contribution in [1.82, 2.24) is 0 Å². The fourth-order valence-electron chi connectivity index (χ4n) is 1.97. The van der Waals surface area contributed by atoms with Crippen molar-refractivity contribution in [3.63, 3.8) is 0 Å². The first-order chi connectivity index (χ1) is 11.9. The van der Waals surface area contributed by atoms with Gasteiger partial charge < -0.3 is 4.74 Å². The van der Waals surface area contributed by atoms with E-state index in [4.69, 9.17) is 0 Å². The predicted molar refractivity (Wildman–Crippen MR) is 89.0 cm³/mol. The standard InChI is InChI=1S/C20H16F4O/c1-2-3-4-15-5-7-16(8-6-15)9-10-17-11-13-18(14-12-17)25-19(21)20(22,23)24/h2,5-8,11-14,19H,1,3-4H2. The van der Waals surface area contributed by atoms with Crippen LogP contribution in [0, 0.1) is 11.8 Å². The summed E-state index contributed by atoms with van der Waals surface area (Å²) in [5, 5.41) is 0. The second-order valence-electron chi connectivity index (χ2n) is 5.27. The number of hydrogen-bond donors (Lipinski definition) is 0. The molecule has 0 aliphatic heterocycles. The van der Waals surface area contributed by atoms with Crippen molar-refractivity contribution in [3.8, 4) is 17.6 Å². The summed E-state index contributed by atoms with van der Waals surface area (Å²) in [6, 6.07) is 13.2. The van der Waals surface area contributed by atoms with Gasteiger partial charge in [0, 0.05) is 11.1 Å². The summed E-state index contributed by atoms with van der Waals surface area (Å²) in [5.41, 5.74) is 2.60. The van der Waals surface area contributed by atoms with Gasteiger partial charge in [-0.1, -0.05) is 30.0 Å². The maximum atomic E-state index is 12.8. The molecule has 0 radical (unpaired) electrons. The molecule has 0 aliphatic carbocycles. The molecule has 0 N–H and O–H groups in total. The smallest absolute Gasteiger partial charge is 0.452 e. The van der Waals surface area contributed by atoms with Crippen molar-refractivity contribution in [2.45, 2.75) is 25.4 Å². The fraction of sp³-hybridized carbons (Fsp3) is 0.200. The van der Waals surface area contributed by atoms with E-state index in [1.807, 2.05) is 30.3 Å². The van der Waals surface area contributed by atoms with Gasteiger partial charge in [0.15, 0.2) is 0 Å². The van der Waals surface area contributed by atoms with Gasteiger partial charge >= 0.3 is 12.5 Å². The Balaban J connectivity index is 2.00. The molecule has 0 aliphatic rings. The van der Waals surface area contributed by atoms with Crippen LogP contribution in [0.15, 0.2) is 61.2 Å². The Labute approximate surface area is 143 Å². The second-order valence-corrected chi connectivity index (χ2v) is 5.27. The van der Waals surface area contributed by atoms with Crippen molar-refractivity contribution in [3.05, 3.63) is 77.9 Å². The minimum Gasteiger partial charge on any atom is -0.452 e. The van der Waals surface area contributed by atoms with E-state index in [-0.39, 0.29) is 5.75 Å². The molecule has 2 aromatic carbocycles. The minimum absolute atomic E-state index is 0.207. The SMILES string of the molecule is C=CCCc1ccc(C#Cc2ccc(OC(F)C(F)(F)F)cc2)cc1. The number of alkyl halides is 4. The molecule has 0 aromatic heterocycles. The Morgan fingerprint density at radius 3 is 1.96 bits per heavy atom. The third-order valence-electron chi connectivity index (χ3n) is 3.29. The van der Waals surface area contributed by atoms with Gasteiger partial charge in [0.25, 0.3) is 0 Å². The zero-order valence-corrected chi connectivity index (χ0v) is 13.3. The molecule has 0 bridgehead atoms. The third-order valence-corrected chi connectivity index (χ3v) is 3.29. The van der Waals surface area contributed by atoms with Crippen molar-refractivity contribution >= 4 is 0 Å². The van der Waals surface area contributed by atoms with Gasteiger partial charge in [-0.2, -0.15) is 17.6 Å². The number of aryl methyl sites for hydroxylation is 1. The van der Waals surface area contributed by atoms with E-state index in [2.05, 4.69) is 23.2 Å². The zero-order valence-electron chi connectivity index (χ0n) is 13.3. The van der Waals surface area contributed by atoms with E-state index in [1.54, 1.807) is 0 Å². The topological polar surface area (TPSA) is 9.23 Å². The fourth-order valence-corrected chi connectivity index (χ4v) is 1.97. The van der Waals surface area contributed by atoms with Gasteiger partial charge in [-0.05, 0) is 54.8 Å². The normalized spacial score (nSPS) is 12.0. The van der Waals surface area contributed by atoms with Crippen LogP contribution in [0.2, 0.25) is 0 Å². The lowest BCUT2D eigenvalue weighted by atomic mass is 10.1. The van der Waals surface area contributed by atoms with E-state index in [9.17, 15) is 17.6 Å². The molecule has 25 heavy (non-hydrogen) atoms. The number of rotatable bonds is 5. The highest BCUT2D eigenvalue weighted by atomic mass is 19.4. The molecule has 0 saturated heterocycles. The van der Waals surface area contributed by atoms with E-state index in [0.717, 1.165) is 18.4 Å². The van der Waals surface area contributed by atoms with Crippen LogP contribution in [-0.2, 0) is 6.42 Å². The van der Waals surface area contributed by atoms with Crippen LogP contribution in [-0.4, -0.2) is 12.5 Å². The van der Waals surface area contributed by atoms with Gasteiger partial charge in [0.1, 0.15) is 5.75 Å². The average Bonchev–Trinajstić information content (AvgIpc) is 2.59. The molecule has 2 rings (SSSR count). The average molecular weight is 348 g/mol. The predicted octanol–water partition coefficient (Wildman–Crippen LogP) is 5.44. The van der Waals surface area contributed by atoms with Crippen molar-refractivity contribution in [2.24, 2.45) is 0 Å². The Kier molecular flexibility index (Phi) is 6.24. The van der Waals surface area contributed by atoms with Gasteiger partial charge in [0.05, 0.1) is 0 Å². The Morgan fingerprint density at radius 1 is 0.960 bits per heavy atom. The van der Waals surface area contributed by atoms with Crippen LogP contribution >= 0.6 is 0 Å². The molecule has 0 heterocycles. The van der Waals surface area contributed by atoms with Crippen LogP contribution in [0.3, 0.4) is 0 Å². The van der Waals surface area contributed by atoms with E-state index in [1.165, 1.54) is 29.8 Å². The summed E-state index contributed by atoms with van der Waals surface area (Å²) in [4.78, 5) is 0.